The topological polar surface area (TPSA) is 113 Å². The number of esters is 1. The average molecular weight is 477 g/mol. The van der Waals surface area contributed by atoms with Gasteiger partial charge in [0.15, 0.2) is 19.7 Å². The van der Waals surface area contributed by atoms with Crippen LogP contribution >= 0.6 is 0 Å². The first-order valence-electron chi connectivity index (χ1n) is 9.15. The van der Waals surface area contributed by atoms with Gasteiger partial charge in [-0.1, -0.05) is 0 Å². The standard InChI is InChI=1S/C22H20O8S2/c1-28-22(23)15-12-18(29-16-4-8-20(9-5-16)31(2,24)25)14-19(13-15)30-17-6-10-21(11-7-17)32(3,26)27/h4-14H,1-3H3. The highest BCUT2D eigenvalue weighted by molar-refractivity contribution is 7.91. The fraction of sp³-hybridized carbons (Fsp3) is 0.136. The Morgan fingerprint density at radius 1 is 0.625 bits per heavy atom. The number of hydrogen-bond donors (Lipinski definition) is 0. The van der Waals surface area contributed by atoms with E-state index in [-0.39, 0.29) is 26.9 Å². The van der Waals surface area contributed by atoms with Crippen molar-refractivity contribution < 1.29 is 35.8 Å². The molecule has 0 bridgehead atoms. The predicted octanol–water partition coefficient (Wildman–Crippen LogP) is 3.86. The Bertz CT molecular complexity index is 1250. The second kappa shape index (κ2) is 9.01. The smallest absolute Gasteiger partial charge is 0.338 e. The first-order valence-corrected chi connectivity index (χ1v) is 12.9. The van der Waals surface area contributed by atoms with Crippen LogP contribution in [0.3, 0.4) is 0 Å². The molecule has 0 aliphatic heterocycles. The van der Waals surface area contributed by atoms with E-state index in [0.717, 1.165) is 12.5 Å². The lowest BCUT2D eigenvalue weighted by Gasteiger charge is -2.12. The molecule has 0 aliphatic carbocycles. The zero-order valence-electron chi connectivity index (χ0n) is 17.4. The van der Waals surface area contributed by atoms with Gasteiger partial charge in [-0.2, -0.15) is 0 Å². The third-order valence-electron chi connectivity index (χ3n) is 4.28. The molecule has 168 valence electrons. The molecular weight excluding hydrogens is 456 g/mol. The molecule has 3 aromatic carbocycles. The Balaban J connectivity index is 1.90. The quantitative estimate of drug-likeness (QED) is 0.472. The van der Waals surface area contributed by atoms with Gasteiger partial charge in [0.2, 0.25) is 0 Å². The molecule has 0 saturated carbocycles. The molecule has 3 aromatic rings. The van der Waals surface area contributed by atoms with Gasteiger partial charge in [-0.05, 0) is 60.7 Å². The summed E-state index contributed by atoms with van der Waals surface area (Å²) < 4.78 is 62.7. The van der Waals surface area contributed by atoms with E-state index in [1.54, 1.807) is 0 Å². The van der Waals surface area contributed by atoms with Gasteiger partial charge in [0, 0.05) is 18.6 Å². The highest BCUT2D eigenvalue weighted by Gasteiger charge is 2.13. The maximum absolute atomic E-state index is 12.1. The monoisotopic (exact) mass is 476 g/mol. The number of hydrogen-bond acceptors (Lipinski definition) is 8. The summed E-state index contributed by atoms with van der Waals surface area (Å²) in [5.41, 5.74) is 0.167. The molecule has 0 N–H and O–H groups in total. The maximum Gasteiger partial charge on any atom is 0.338 e. The third-order valence-corrected chi connectivity index (χ3v) is 6.53. The van der Waals surface area contributed by atoms with Crippen LogP contribution in [-0.4, -0.2) is 42.4 Å². The molecule has 0 fully saturated rings. The number of ether oxygens (including phenoxy) is 3. The van der Waals surface area contributed by atoms with Crippen molar-refractivity contribution in [2.45, 2.75) is 9.79 Å². The number of carbonyl (C=O) groups excluding carboxylic acids is 1. The lowest BCUT2D eigenvalue weighted by molar-refractivity contribution is 0.0600. The zero-order chi connectivity index (χ0) is 23.5. The molecule has 0 aromatic heterocycles. The first-order chi connectivity index (χ1) is 15.0. The van der Waals surface area contributed by atoms with E-state index in [1.165, 1.54) is 73.8 Å². The van der Waals surface area contributed by atoms with Gasteiger partial charge < -0.3 is 14.2 Å². The van der Waals surface area contributed by atoms with Crippen LogP contribution in [0, 0.1) is 0 Å². The summed E-state index contributed by atoms with van der Waals surface area (Å²) in [6.07, 6.45) is 2.21. The molecule has 0 amide bonds. The molecule has 0 unspecified atom stereocenters. The molecule has 3 rings (SSSR count). The Labute approximate surface area is 186 Å². The first kappa shape index (κ1) is 23.3. The van der Waals surface area contributed by atoms with Gasteiger partial charge in [0.1, 0.15) is 23.0 Å². The normalized spacial score (nSPS) is 11.6. The van der Waals surface area contributed by atoms with Crippen molar-refractivity contribution in [1.82, 2.24) is 0 Å². The molecule has 0 heterocycles. The summed E-state index contributed by atoms with van der Waals surface area (Å²) in [7, 11) is -5.44. The van der Waals surface area contributed by atoms with E-state index in [9.17, 15) is 21.6 Å². The molecule has 0 radical (unpaired) electrons. The Hall–Kier alpha value is -3.37. The van der Waals surface area contributed by atoms with Gasteiger partial charge in [-0.25, -0.2) is 21.6 Å². The van der Waals surface area contributed by atoms with E-state index in [1.807, 2.05) is 0 Å². The van der Waals surface area contributed by atoms with Crippen molar-refractivity contribution >= 4 is 25.6 Å². The fourth-order valence-corrected chi connectivity index (χ4v) is 3.97. The van der Waals surface area contributed by atoms with Crippen molar-refractivity contribution in [2.24, 2.45) is 0 Å². The van der Waals surface area contributed by atoms with Crippen molar-refractivity contribution in [1.29, 1.82) is 0 Å². The van der Waals surface area contributed by atoms with Crippen molar-refractivity contribution in [2.75, 3.05) is 19.6 Å². The van der Waals surface area contributed by atoms with Gasteiger partial charge in [0.25, 0.3) is 0 Å². The molecule has 0 atom stereocenters. The van der Waals surface area contributed by atoms with Crippen LogP contribution in [0.25, 0.3) is 0 Å². The largest absolute Gasteiger partial charge is 0.465 e. The van der Waals surface area contributed by atoms with Gasteiger partial charge in [-0.3, -0.25) is 0 Å². The summed E-state index contributed by atoms with van der Waals surface area (Å²) in [6, 6.07) is 16.1. The molecule has 8 nitrogen and oxygen atoms in total. The van der Waals surface area contributed by atoms with Gasteiger partial charge >= 0.3 is 5.97 Å². The molecule has 10 heteroatoms. The SMILES string of the molecule is COC(=O)c1cc(Oc2ccc(S(C)(=O)=O)cc2)cc(Oc2ccc(S(C)(=O)=O)cc2)c1. The summed E-state index contributed by atoms with van der Waals surface area (Å²) in [5.74, 6) is 0.594. The van der Waals surface area contributed by atoms with E-state index in [2.05, 4.69) is 0 Å². The minimum atomic E-state index is -3.34. The van der Waals surface area contributed by atoms with E-state index in [4.69, 9.17) is 14.2 Å². The Morgan fingerprint density at radius 2 is 1.00 bits per heavy atom. The predicted molar refractivity (Wildman–Crippen MR) is 117 cm³/mol. The maximum atomic E-state index is 12.1. The third kappa shape index (κ3) is 5.86. The van der Waals surface area contributed by atoms with Crippen LogP contribution in [0.4, 0.5) is 0 Å². The summed E-state index contributed by atoms with van der Waals surface area (Å²) in [6.45, 7) is 0. The fourth-order valence-electron chi connectivity index (χ4n) is 2.71. The van der Waals surface area contributed by atoms with E-state index < -0.39 is 25.6 Å². The van der Waals surface area contributed by atoms with Crippen LogP contribution in [0.5, 0.6) is 23.0 Å². The lowest BCUT2D eigenvalue weighted by atomic mass is 10.2. The van der Waals surface area contributed by atoms with Crippen LogP contribution in [0.1, 0.15) is 10.4 Å². The summed E-state index contributed by atoms with van der Waals surface area (Å²) >= 11 is 0. The number of methoxy groups -OCH3 is 1. The Morgan fingerprint density at radius 3 is 1.31 bits per heavy atom. The number of benzene rings is 3. The number of carbonyl (C=O) groups is 1. The van der Waals surface area contributed by atoms with E-state index >= 15 is 0 Å². The number of rotatable bonds is 7. The lowest BCUT2D eigenvalue weighted by Crippen LogP contribution is -2.02. The van der Waals surface area contributed by atoms with Crippen LogP contribution < -0.4 is 9.47 Å². The van der Waals surface area contributed by atoms with Gasteiger partial charge in [0.05, 0.1) is 22.5 Å². The molecule has 0 spiro atoms. The van der Waals surface area contributed by atoms with Crippen molar-refractivity contribution in [3.05, 3.63) is 72.3 Å². The van der Waals surface area contributed by atoms with Crippen LogP contribution in [0.2, 0.25) is 0 Å². The molecule has 0 saturated heterocycles. The zero-order valence-corrected chi connectivity index (χ0v) is 19.1. The summed E-state index contributed by atoms with van der Waals surface area (Å²) in [4.78, 5) is 12.4. The highest BCUT2D eigenvalue weighted by Crippen LogP contribution is 2.31. The molecule has 0 aliphatic rings. The van der Waals surface area contributed by atoms with Crippen LogP contribution in [0.15, 0.2) is 76.5 Å². The number of sulfone groups is 2. The second-order valence-corrected chi connectivity index (χ2v) is 10.9. The average Bonchev–Trinajstić information content (AvgIpc) is 2.72. The Kier molecular flexibility index (Phi) is 6.56. The minimum Gasteiger partial charge on any atom is -0.465 e. The van der Waals surface area contributed by atoms with Crippen LogP contribution in [-0.2, 0) is 24.4 Å². The van der Waals surface area contributed by atoms with E-state index in [0.29, 0.717) is 11.5 Å². The summed E-state index contributed by atoms with van der Waals surface area (Å²) in [5, 5.41) is 0. The van der Waals surface area contributed by atoms with Crippen molar-refractivity contribution in [3.8, 4) is 23.0 Å². The molecule has 32 heavy (non-hydrogen) atoms. The van der Waals surface area contributed by atoms with Gasteiger partial charge in [-0.15, -0.1) is 0 Å². The minimum absolute atomic E-state index is 0.148. The molecular formula is C22H20O8S2. The van der Waals surface area contributed by atoms with Crippen molar-refractivity contribution in [3.63, 3.8) is 0 Å². The highest BCUT2D eigenvalue weighted by atomic mass is 32.2. The second-order valence-electron chi connectivity index (χ2n) is 6.88.